The van der Waals surface area contributed by atoms with E-state index in [1.807, 2.05) is 19.1 Å². The lowest BCUT2D eigenvalue weighted by atomic mass is 10.1. The Balaban J connectivity index is 2.83. The molecule has 0 unspecified atom stereocenters. The summed E-state index contributed by atoms with van der Waals surface area (Å²) in [6.07, 6.45) is 1.74. The van der Waals surface area contributed by atoms with Crippen LogP contribution < -0.4 is 5.73 Å². The second-order valence-corrected chi connectivity index (χ2v) is 3.37. The number of aromatic nitrogens is 1. The summed E-state index contributed by atoms with van der Waals surface area (Å²) < 4.78 is 0. The summed E-state index contributed by atoms with van der Waals surface area (Å²) in [6, 6.07) is 5.62. The third kappa shape index (κ3) is 1.32. The molecule has 2 rings (SSSR count). The molecule has 2 aromatic rings. The Morgan fingerprint density at radius 2 is 2.21 bits per heavy atom. The molecular weight excluding hydrogens is 176 g/mol. The zero-order valence-corrected chi connectivity index (χ0v) is 7.99. The number of hydrogen-bond acceptors (Lipinski definition) is 3. The lowest BCUT2D eigenvalue weighted by Crippen LogP contribution is -1.94. The Labute approximate surface area is 82.2 Å². The third-order valence-electron chi connectivity index (χ3n) is 2.33. The van der Waals surface area contributed by atoms with Crippen LogP contribution in [-0.4, -0.2) is 10.1 Å². The number of hydrogen-bond donors (Lipinski definition) is 2. The zero-order chi connectivity index (χ0) is 10.1. The Hall–Kier alpha value is -1.61. The summed E-state index contributed by atoms with van der Waals surface area (Å²) in [4.78, 5) is 4.21. The van der Waals surface area contributed by atoms with Gasteiger partial charge in [-0.3, -0.25) is 4.98 Å². The molecule has 0 saturated carbocycles. The quantitative estimate of drug-likeness (QED) is 0.668. The zero-order valence-electron chi connectivity index (χ0n) is 7.99. The first-order valence-corrected chi connectivity index (χ1v) is 4.47. The molecule has 0 spiro atoms. The van der Waals surface area contributed by atoms with Crippen LogP contribution in [0.1, 0.15) is 11.1 Å². The van der Waals surface area contributed by atoms with Gasteiger partial charge in [-0.1, -0.05) is 0 Å². The molecule has 3 nitrogen and oxygen atoms in total. The van der Waals surface area contributed by atoms with Crippen LogP contribution in [0.2, 0.25) is 0 Å². The maximum atomic E-state index is 9.04. The van der Waals surface area contributed by atoms with Crippen LogP contribution in [-0.2, 0) is 6.61 Å². The summed E-state index contributed by atoms with van der Waals surface area (Å²) in [5.74, 6) is 0. The highest BCUT2D eigenvalue weighted by atomic mass is 16.3. The Bertz CT molecular complexity index is 480. The van der Waals surface area contributed by atoms with Gasteiger partial charge in [0, 0.05) is 11.6 Å². The number of aliphatic hydroxyl groups is 1. The van der Waals surface area contributed by atoms with Gasteiger partial charge in [-0.2, -0.15) is 0 Å². The number of nitrogens with zero attached hydrogens (tertiary/aromatic N) is 1. The van der Waals surface area contributed by atoms with Gasteiger partial charge >= 0.3 is 0 Å². The number of aliphatic hydroxyl groups excluding tert-OH is 1. The number of rotatable bonds is 1. The molecule has 3 heteroatoms. The molecule has 0 fully saturated rings. The molecule has 1 heterocycles. The van der Waals surface area contributed by atoms with Crippen LogP contribution in [0, 0.1) is 6.92 Å². The van der Waals surface area contributed by atoms with E-state index in [-0.39, 0.29) is 6.61 Å². The van der Waals surface area contributed by atoms with E-state index < -0.39 is 0 Å². The second-order valence-electron chi connectivity index (χ2n) is 3.37. The number of nitrogens with two attached hydrogens (primary N) is 1. The van der Waals surface area contributed by atoms with E-state index in [9.17, 15) is 0 Å². The van der Waals surface area contributed by atoms with Gasteiger partial charge in [0.15, 0.2) is 0 Å². The third-order valence-corrected chi connectivity index (χ3v) is 2.33. The van der Waals surface area contributed by atoms with Crippen molar-refractivity contribution in [2.75, 3.05) is 5.73 Å². The summed E-state index contributed by atoms with van der Waals surface area (Å²) in [5, 5.41) is 10.0. The van der Waals surface area contributed by atoms with Gasteiger partial charge in [-0.25, -0.2) is 0 Å². The highest BCUT2D eigenvalue weighted by Gasteiger charge is 2.03. The minimum absolute atomic E-state index is 0.00841. The van der Waals surface area contributed by atoms with Gasteiger partial charge < -0.3 is 10.8 Å². The molecule has 1 aromatic carbocycles. The molecule has 0 bridgehead atoms. The minimum Gasteiger partial charge on any atom is -0.397 e. The molecule has 0 aliphatic carbocycles. The number of anilines is 1. The fourth-order valence-electron chi connectivity index (χ4n) is 1.57. The predicted molar refractivity (Wildman–Crippen MR) is 56.8 cm³/mol. The summed E-state index contributed by atoms with van der Waals surface area (Å²) in [7, 11) is 0. The average molecular weight is 188 g/mol. The van der Waals surface area contributed by atoms with Crippen molar-refractivity contribution in [1.82, 2.24) is 4.98 Å². The first kappa shape index (κ1) is 8.97. The van der Waals surface area contributed by atoms with Crippen LogP contribution in [0.15, 0.2) is 24.4 Å². The molecule has 72 valence electrons. The second kappa shape index (κ2) is 3.27. The van der Waals surface area contributed by atoms with E-state index >= 15 is 0 Å². The van der Waals surface area contributed by atoms with Crippen LogP contribution in [0.5, 0.6) is 0 Å². The van der Waals surface area contributed by atoms with Crippen LogP contribution >= 0.6 is 0 Å². The number of pyridine rings is 1. The first-order valence-electron chi connectivity index (χ1n) is 4.47. The van der Waals surface area contributed by atoms with Crippen molar-refractivity contribution in [2.24, 2.45) is 0 Å². The molecule has 3 N–H and O–H groups in total. The van der Waals surface area contributed by atoms with Crippen LogP contribution in [0.25, 0.3) is 10.9 Å². The standard InChI is InChI=1S/C11H12N2O/c1-7-2-3-13-11-9(7)4-8(6-14)5-10(11)12/h2-5,14H,6,12H2,1H3. The number of aryl methyl sites for hydroxylation is 1. The van der Waals surface area contributed by atoms with Gasteiger partial charge in [0.1, 0.15) is 0 Å². The largest absolute Gasteiger partial charge is 0.397 e. The minimum atomic E-state index is 0.00841. The highest BCUT2D eigenvalue weighted by Crippen LogP contribution is 2.23. The maximum absolute atomic E-state index is 9.04. The lowest BCUT2D eigenvalue weighted by molar-refractivity contribution is 0.282. The van der Waals surface area contributed by atoms with Gasteiger partial charge in [-0.15, -0.1) is 0 Å². The molecular formula is C11H12N2O. The average Bonchev–Trinajstić information content (AvgIpc) is 2.19. The predicted octanol–water partition coefficient (Wildman–Crippen LogP) is 1.62. The summed E-state index contributed by atoms with van der Waals surface area (Å²) >= 11 is 0. The van der Waals surface area contributed by atoms with Crippen molar-refractivity contribution in [1.29, 1.82) is 0 Å². The molecule has 0 aliphatic rings. The van der Waals surface area contributed by atoms with Crippen molar-refractivity contribution in [3.63, 3.8) is 0 Å². The van der Waals surface area contributed by atoms with Gasteiger partial charge in [0.2, 0.25) is 0 Å². The van der Waals surface area contributed by atoms with E-state index in [1.54, 1.807) is 12.3 Å². The number of benzene rings is 1. The van der Waals surface area contributed by atoms with Crippen molar-refractivity contribution < 1.29 is 5.11 Å². The SMILES string of the molecule is Cc1ccnc2c(N)cc(CO)cc12. The Morgan fingerprint density at radius 1 is 1.43 bits per heavy atom. The topological polar surface area (TPSA) is 59.1 Å². The molecule has 0 amide bonds. The van der Waals surface area contributed by atoms with Crippen molar-refractivity contribution >= 4 is 16.6 Å². The molecule has 0 aliphatic heterocycles. The normalized spacial score (nSPS) is 10.7. The van der Waals surface area contributed by atoms with E-state index in [2.05, 4.69) is 4.98 Å². The summed E-state index contributed by atoms with van der Waals surface area (Å²) in [5.41, 5.74) is 9.20. The molecule has 0 radical (unpaired) electrons. The van der Waals surface area contributed by atoms with Gasteiger partial charge in [0.05, 0.1) is 17.8 Å². The Kier molecular flexibility index (Phi) is 2.09. The fraction of sp³-hybridized carbons (Fsp3) is 0.182. The number of fused-ring (bicyclic) bond motifs is 1. The molecule has 0 saturated heterocycles. The van der Waals surface area contributed by atoms with E-state index in [1.165, 1.54) is 0 Å². The van der Waals surface area contributed by atoms with Crippen molar-refractivity contribution in [2.45, 2.75) is 13.5 Å². The smallest absolute Gasteiger partial charge is 0.0933 e. The van der Waals surface area contributed by atoms with Crippen molar-refractivity contribution in [3.8, 4) is 0 Å². The molecule has 0 atom stereocenters. The molecule has 14 heavy (non-hydrogen) atoms. The highest BCUT2D eigenvalue weighted by molar-refractivity contribution is 5.92. The summed E-state index contributed by atoms with van der Waals surface area (Å²) in [6.45, 7) is 2.01. The lowest BCUT2D eigenvalue weighted by Gasteiger charge is -2.06. The van der Waals surface area contributed by atoms with Crippen LogP contribution in [0.3, 0.4) is 0 Å². The first-order chi connectivity index (χ1) is 6.72. The van der Waals surface area contributed by atoms with E-state index in [0.717, 1.165) is 22.0 Å². The maximum Gasteiger partial charge on any atom is 0.0933 e. The number of nitrogen functional groups attached to an aromatic ring is 1. The monoisotopic (exact) mass is 188 g/mol. The van der Waals surface area contributed by atoms with E-state index in [0.29, 0.717) is 5.69 Å². The molecule has 1 aromatic heterocycles. The van der Waals surface area contributed by atoms with Crippen LogP contribution in [0.4, 0.5) is 5.69 Å². The Morgan fingerprint density at radius 3 is 2.93 bits per heavy atom. The van der Waals surface area contributed by atoms with Crippen molar-refractivity contribution in [3.05, 3.63) is 35.5 Å². The van der Waals surface area contributed by atoms with Gasteiger partial charge in [0.25, 0.3) is 0 Å². The fourth-order valence-corrected chi connectivity index (χ4v) is 1.57. The van der Waals surface area contributed by atoms with E-state index in [4.69, 9.17) is 10.8 Å². The van der Waals surface area contributed by atoms with Gasteiger partial charge in [-0.05, 0) is 36.2 Å².